The van der Waals surface area contributed by atoms with Crippen LogP contribution in [0.25, 0.3) is 0 Å². The Balaban J connectivity index is 2.04. The summed E-state index contributed by atoms with van der Waals surface area (Å²) in [5.74, 6) is -0.00929. The van der Waals surface area contributed by atoms with Crippen LogP contribution in [0.3, 0.4) is 0 Å². The monoisotopic (exact) mass is 349 g/mol. The number of sulfone groups is 1. The van der Waals surface area contributed by atoms with Crippen LogP contribution in [0.1, 0.15) is 11.1 Å². The summed E-state index contributed by atoms with van der Waals surface area (Å²) in [6, 6.07) is 12.4. The van der Waals surface area contributed by atoms with Gasteiger partial charge in [-0.3, -0.25) is 4.79 Å². The number of benzene rings is 2. The second-order valence-electron chi connectivity index (χ2n) is 5.35. The van der Waals surface area contributed by atoms with Crippen LogP contribution in [0.2, 0.25) is 0 Å². The molecule has 0 spiro atoms. The Morgan fingerprint density at radius 3 is 2.43 bits per heavy atom. The number of amides is 1. The van der Waals surface area contributed by atoms with Crippen molar-refractivity contribution in [3.8, 4) is 0 Å². The predicted octanol–water partition coefficient (Wildman–Crippen LogP) is 3.44. The van der Waals surface area contributed by atoms with Gasteiger partial charge in [0.05, 0.1) is 16.3 Å². The van der Waals surface area contributed by atoms with Crippen molar-refractivity contribution in [3.63, 3.8) is 0 Å². The highest BCUT2D eigenvalue weighted by Crippen LogP contribution is 2.23. The molecule has 2 aromatic rings. The first-order valence-electron chi connectivity index (χ1n) is 7.06. The molecule has 1 amide bonds. The fourth-order valence-electron chi connectivity index (χ4n) is 2.03. The average molecular weight is 349 g/mol. The van der Waals surface area contributed by atoms with Gasteiger partial charge in [0.15, 0.2) is 9.84 Å². The number of para-hydroxylation sites is 1. The number of hydrogen-bond donors (Lipinski definition) is 1. The number of rotatable bonds is 5. The second-order valence-corrected chi connectivity index (χ2v) is 8.38. The molecule has 0 radical (unpaired) electrons. The molecule has 0 aliphatic carbocycles. The molecule has 0 saturated heterocycles. The fraction of sp³-hybridized carbons (Fsp3) is 0.235. The van der Waals surface area contributed by atoms with Crippen LogP contribution < -0.4 is 5.32 Å². The first kappa shape index (κ1) is 17.6. The highest BCUT2D eigenvalue weighted by atomic mass is 32.2. The van der Waals surface area contributed by atoms with Crippen LogP contribution in [0.5, 0.6) is 0 Å². The molecular formula is C17H19NO3S2. The van der Waals surface area contributed by atoms with E-state index in [0.29, 0.717) is 5.69 Å². The van der Waals surface area contributed by atoms with E-state index in [9.17, 15) is 13.2 Å². The summed E-state index contributed by atoms with van der Waals surface area (Å²) in [4.78, 5) is 13.2. The van der Waals surface area contributed by atoms with E-state index >= 15 is 0 Å². The quantitative estimate of drug-likeness (QED) is 0.840. The molecule has 0 fully saturated rings. The van der Waals surface area contributed by atoms with Crippen LogP contribution in [0.15, 0.2) is 52.3 Å². The van der Waals surface area contributed by atoms with Crippen molar-refractivity contribution < 1.29 is 13.2 Å². The number of carbonyl (C=O) groups excluding carboxylic acids is 1. The molecule has 0 saturated carbocycles. The fourth-order valence-corrected chi connectivity index (χ4v) is 3.67. The Labute approximate surface area is 141 Å². The summed E-state index contributed by atoms with van der Waals surface area (Å²) < 4.78 is 23.5. The zero-order chi connectivity index (χ0) is 17.0. The maximum atomic E-state index is 12.1. The second kappa shape index (κ2) is 7.19. The van der Waals surface area contributed by atoms with E-state index in [0.717, 1.165) is 11.2 Å². The molecule has 0 atom stereocenters. The Bertz CT molecular complexity index is 829. The van der Waals surface area contributed by atoms with Gasteiger partial charge in [0, 0.05) is 11.2 Å². The maximum absolute atomic E-state index is 12.1. The number of hydrogen-bond acceptors (Lipinski definition) is 4. The Kier molecular flexibility index (Phi) is 5.49. The molecule has 6 heteroatoms. The van der Waals surface area contributed by atoms with Crippen LogP contribution in [-0.4, -0.2) is 26.3 Å². The van der Waals surface area contributed by atoms with Gasteiger partial charge in [0.25, 0.3) is 0 Å². The van der Waals surface area contributed by atoms with E-state index in [1.807, 2.05) is 32.0 Å². The third-order valence-corrected chi connectivity index (χ3v) is 5.56. The number of carbonyl (C=O) groups is 1. The lowest BCUT2D eigenvalue weighted by atomic mass is 10.1. The number of nitrogens with one attached hydrogen (secondary N) is 1. The van der Waals surface area contributed by atoms with Gasteiger partial charge in [-0.15, -0.1) is 11.8 Å². The molecule has 0 heterocycles. The number of thioether (sulfide) groups is 1. The van der Waals surface area contributed by atoms with Gasteiger partial charge in [-0.05, 0) is 49.2 Å². The van der Waals surface area contributed by atoms with E-state index in [2.05, 4.69) is 5.32 Å². The van der Waals surface area contributed by atoms with Gasteiger partial charge in [-0.2, -0.15) is 0 Å². The minimum absolute atomic E-state index is 0.129. The van der Waals surface area contributed by atoms with E-state index in [4.69, 9.17) is 0 Å². The van der Waals surface area contributed by atoms with Crippen molar-refractivity contribution in [1.82, 2.24) is 0 Å². The van der Waals surface area contributed by atoms with Gasteiger partial charge in [-0.25, -0.2) is 8.42 Å². The summed E-state index contributed by atoms with van der Waals surface area (Å²) in [6.45, 7) is 4.07. The molecule has 2 aromatic carbocycles. The summed E-state index contributed by atoms with van der Waals surface area (Å²) in [5.41, 5.74) is 2.71. The molecule has 0 bridgehead atoms. The van der Waals surface area contributed by atoms with Crippen molar-refractivity contribution in [1.29, 1.82) is 0 Å². The molecule has 2 rings (SSSR count). The van der Waals surface area contributed by atoms with Crippen LogP contribution >= 0.6 is 11.8 Å². The molecular weight excluding hydrogens is 330 g/mol. The van der Waals surface area contributed by atoms with E-state index < -0.39 is 9.84 Å². The summed E-state index contributed by atoms with van der Waals surface area (Å²) in [6.07, 6.45) is 1.13. The SMILES string of the molecule is Cc1ccc(SCC(=O)Nc2ccccc2S(C)(=O)=O)cc1C. The van der Waals surface area contributed by atoms with E-state index in [1.54, 1.807) is 18.2 Å². The molecule has 0 aliphatic heterocycles. The standard InChI is InChI=1S/C17H19NO3S2/c1-12-8-9-14(10-13(12)2)22-11-17(19)18-15-6-4-5-7-16(15)23(3,20)21/h4-10H,11H2,1-3H3,(H,18,19). The Morgan fingerprint density at radius 1 is 1.09 bits per heavy atom. The zero-order valence-electron chi connectivity index (χ0n) is 13.3. The van der Waals surface area contributed by atoms with Crippen LogP contribution in [0.4, 0.5) is 5.69 Å². The van der Waals surface area contributed by atoms with E-state index in [1.165, 1.54) is 29.0 Å². The molecule has 23 heavy (non-hydrogen) atoms. The van der Waals surface area contributed by atoms with Gasteiger partial charge < -0.3 is 5.32 Å². The highest BCUT2D eigenvalue weighted by Gasteiger charge is 2.14. The molecule has 0 unspecified atom stereocenters. The maximum Gasteiger partial charge on any atom is 0.234 e. The van der Waals surface area contributed by atoms with Crippen molar-refractivity contribution in [2.24, 2.45) is 0 Å². The van der Waals surface area contributed by atoms with E-state index in [-0.39, 0.29) is 16.6 Å². The van der Waals surface area contributed by atoms with Gasteiger partial charge in [-0.1, -0.05) is 18.2 Å². The van der Waals surface area contributed by atoms with Crippen molar-refractivity contribution >= 4 is 33.2 Å². The smallest absolute Gasteiger partial charge is 0.234 e. The van der Waals surface area contributed by atoms with Crippen LogP contribution in [-0.2, 0) is 14.6 Å². The number of aryl methyl sites for hydroxylation is 2. The normalized spacial score (nSPS) is 11.3. The van der Waals surface area contributed by atoms with Crippen molar-refractivity contribution in [3.05, 3.63) is 53.6 Å². The minimum Gasteiger partial charge on any atom is -0.324 e. The van der Waals surface area contributed by atoms with Gasteiger partial charge in [0.2, 0.25) is 5.91 Å². The highest BCUT2D eigenvalue weighted by molar-refractivity contribution is 8.00. The zero-order valence-corrected chi connectivity index (χ0v) is 14.9. The number of anilines is 1. The van der Waals surface area contributed by atoms with Gasteiger partial charge >= 0.3 is 0 Å². The first-order valence-corrected chi connectivity index (χ1v) is 9.94. The van der Waals surface area contributed by atoms with Crippen molar-refractivity contribution in [2.45, 2.75) is 23.6 Å². The van der Waals surface area contributed by atoms with Crippen molar-refractivity contribution in [2.75, 3.05) is 17.3 Å². The third kappa shape index (κ3) is 4.84. The Morgan fingerprint density at radius 2 is 1.78 bits per heavy atom. The molecule has 4 nitrogen and oxygen atoms in total. The van der Waals surface area contributed by atoms with Gasteiger partial charge in [0.1, 0.15) is 0 Å². The summed E-state index contributed by atoms with van der Waals surface area (Å²) >= 11 is 1.42. The lowest BCUT2D eigenvalue weighted by molar-refractivity contribution is -0.113. The molecule has 1 N–H and O–H groups in total. The average Bonchev–Trinajstić information content (AvgIpc) is 2.48. The topological polar surface area (TPSA) is 63.2 Å². The lowest BCUT2D eigenvalue weighted by Crippen LogP contribution is -2.16. The summed E-state index contributed by atoms with van der Waals surface area (Å²) in [7, 11) is -3.38. The Hall–Kier alpha value is -1.79. The minimum atomic E-state index is -3.38. The lowest BCUT2D eigenvalue weighted by Gasteiger charge is -2.10. The van der Waals surface area contributed by atoms with Crippen LogP contribution in [0, 0.1) is 13.8 Å². The molecule has 0 aliphatic rings. The molecule has 0 aromatic heterocycles. The predicted molar refractivity (Wildman–Crippen MR) is 94.8 cm³/mol. The first-order chi connectivity index (χ1) is 10.8. The summed E-state index contributed by atoms with van der Waals surface area (Å²) in [5, 5.41) is 2.67. The third-order valence-electron chi connectivity index (χ3n) is 3.41. The largest absolute Gasteiger partial charge is 0.324 e. The molecule has 122 valence electrons.